The van der Waals surface area contributed by atoms with E-state index >= 15 is 0 Å². The topological polar surface area (TPSA) is 57.6 Å². The Morgan fingerprint density at radius 3 is 1.88 bits per heavy atom. The summed E-state index contributed by atoms with van der Waals surface area (Å²) in [4.78, 5) is 1.81. The van der Waals surface area contributed by atoms with Crippen molar-refractivity contribution in [2.75, 3.05) is 29.7 Å². The molecule has 0 unspecified atom stereocenters. The van der Waals surface area contributed by atoms with E-state index in [1.807, 2.05) is 4.90 Å². The van der Waals surface area contributed by atoms with Gasteiger partial charge in [-0.15, -0.1) is 23.2 Å². The molecular formula is C10H13Cl2NO3S. The van der Waals surface area contributed by atoms with Crippen LogP contribution in [-0.2, 0) is 10.1 Å². The summed E-state index contributed by atoms with van der Waals surface area (Å²) in [5.41, 5.74) is 0.818. The lowest BCUT2D eigenvalue weighted by Crippen LogP contribution is -2.27. The van der Waals surface area contributed by atoms with Crippen LogP contribution in [0.5, 0.6) is 0 Å². The molecule has 1 rings (SSSR count). The largest absolute Gasteiger partial charge is 0.369 e. The molecule has 1 aromatic carbocycles. The van der Waals surface area contributed by atoms with Gasteiger partial charge in [0.1, 0.15) is 0 Å². The van der Waals surface area contributed by atoms with E-state index in [4.69, 9.17) is 27.8 Å². The van der Waals surface area contributed by atoms with Gasteiger partial charge in [-0.25, -0.2) is 0 Å². The summed E-state index contributed by atoms with van der Waals surface area (Å²) in [6.07, 6.45) is 0. The Morgan fingerprint density at radius 1 is 1.06 bits per heavy atom. The van der Waals surface area contributed by atoms with Gasteiger partial charge in [0.15, 0.2) is 0 Å². The molecule has 96 valence electrons. The van der Waals surface area contributed by atoms with Crippen molar-refractivity contribution in [3.05, 3.63) is 24.3 Å². The van der Waals surface area contributed by atoms with Crippen LogP contribution in [0, 0.1) is 0 Å². The molecule has 0 saturated heterocycles. The van der Waals surface area contributed by atoms with Crippen LogP contribution < -0.4 is 4.90 Å². The van der Waals surface area contributed by atoms with Gasteiger partial charge in [0.2, 0.25) is 0 Å². The lowest BCUT2D eigenvalue weighted by atomic mass is 10.3. The van der Waals surface area contributed by atoms with Crippen LogP contribution in [0.3, 0.4) is 0 Å². The zero-order valence-corrected chi connectivity index (χ0v) is 11.3. The average molecular weight is 298 g/mol. The van der Waals surface area contributed by atoms with E-state index < -0.39 is 10.1 Å². The summed E-state index contributed by atoms with van der Waals surface area (Å²) in [6.45, 7) is 1.25. The van der Waals surface area contributed by atoms with E-state index in [-0.39, 0.29) is 4.90 Å². The zero-order chi connectivity index (χ0) is 12.9. The second kappa shape index (κ2) is 6.44. The number of alkyl halides is 2. The van der Waals surface area contributed by atoms with Crippen LogP contribution >= 0.6 is 23.2 Å². The van der Waals surface area contributed by atoms with Crippen molar-refractivity contribution in [1.29, 1.82) is 0 Å². The Bertz CT molecular complexity index is 441. The molecule has 7 heteroatoms. The molecule has 0 aromatic heterocycles. The van der Waals surface area contributed by atoms with E-state index in [9.17, 15) is 8.42 Å². The molecule has 4 nitrogen and oxygen atoms in total. The number of hydrogen-bond acceptors (Lipinski definition) is 3. The minimum absolute atomic E-state index is 0.127. The van der Waals surface area contributed by atoms with Crippen molar-refractivity contribution in [2.45, 2.75) is 4.90 Å². The first kappa shape index (κ1) is 14.6. The van der Waals surface area contributed by atoms with Gasteiger partial charge in [0.25, 0.3) is 10.1 Å². The van der Waals surface area contributed by atoms with Crippen LogP contribution in [0.1, 0.15) is 0 Å². The van der Waals surface area contributed by atoms with E-state index in [0.717, 1.165) is 5.69 Å². The molecule has 1 aromatic rings. The summed E-state index contributed by atoms with van der Waals surface area (Å²) in [7, 11) is -4.14. The van der Waals surface area contributed by atoms with Crippen LogP contribution in [-0.4, -0.2) is 37.8 Å². The number of hydrogen-bond donors (Lipinski definition) is 1. The van der Waals surface area contributed by atoms with Gasteiger partial charge in [-0.3, -0.25) is 4.55 Å². The van der Waals surface area contributed by atoms with Crippen molar-refractivity contribution in [3.63, 3.8) is 0 Å². The van der Waals surface area contributed by atoms with Gasteiger partial charge in [-0.05, 0) is 24.3 Å². The summed E-state index contributed by atoms with van der Waals surface area (Å²) < 4.78 is 30.6. The normalized spacial score (nSPS) is 11.5. The van der Waals surface area contributed by atoms with Gasteiger partial charge >= 0.3 is 0 Å². The third-order valence-corrected chi connectivity index (χ3v) is 3.41. The minimum atomic E-state index is -4.14. The molecule has 0 aliphatic carbocycles. The third kappa shape index (κ3) is 4.35. The molecule has 0 heterocycles. The fourth-order valence-corrected chi connectivity index (χ4v) is 2.29. The molecule has 0 spiro atoms. The van der Waals surface area contributed by atoms with Crippen molar-refractivity contribution in [2.24, 2.45) is 0 Å². The third-order valence-electron chi connectivity index (χ3n) is 2.21. The van der Waals surface area contributed by atoms with Gasteiger partial charge in [-0.2, -0.15) is 8.42 Å². The van der Waals surface area contributed by atoms with E-state index in [2.05, 4.69) is 0 Å². The van der Waals surface area contributed by atoms with E-state index in [1.54, 1.807) is 12.1 Å². The standard InChI is InChI=1S/C10H13Cl2NO3S/c11-5-7-13(8-6-12)9-1-3-10(4-2-9)17(14,15)16/h1-4H,5-8H2,(H,14,15,16). The molecule has 0 saturated carbocycles. The Labute approximate surface area is 111 Å². The number of benzene rings is 1. The highest BCUT2D eigenvalue weighted by molar-refractivity contribution is 7.85. The van der Waals surface area contributed by atoms with Crippen molar-refractivity contribution >= 4 is 39.0 Å². The molecular weight excluding hydrogens is 285 g/mol. The maximum absolute atomic E-state index is 10.9. The minimum Gasteiger partial charge on any atom is -0.369 e. The smallest absolute Gasteiger partial charge is 0.294 e. The molecule has 0 fully saturated rings. The zero-order valence-electron chi connectivity index (χ0n) is 9.01. The lowest BCUT2D eigenvalue weighted by Gasteiger charge is -2.22. The predicted molar refractivity (Wildman–Crippen MR) is 69.9 cm³/mol. The van der Waals surface area contributed by atoms with Crippen LogP contribution in [0.2, 0.25) is 0 Å². The van der Waals surface area contributed by atoms with Gasteiger partial charge < -0.3 is 4.90 Å². The molecule has 0 amide bonds. The summed E-state index contributed by atoms with van der Waals surface area (Å²) >= 11 is 11.3. The van der Waals surface area contributed by atoms with Crippen LogP contribution in [0.15, 0.2) is 29.2 Å². The second-order valence-corrected chi connectivity index (χ2v) is 5.51. The Hall–Kier alpha value is -0.490. The summed E-state index contributed by atoms with van der Waals surface area (Å²) in [6, 6.07) is 5.92. The number of nitrogens with zero attached hydrogens (tertiary/aromatic N) is 1. The Balaban J connectivity index is 2.91. The maximum Gasteiger partial charge on any atom is 0.294 e. The van der Waals surface area contributed by atoms with Crippen molar-refractivity contribution in [1.82, 2.24) is 0 Å². The van der Waals surface area contributed by atoms with E-state index in [1.165, 1.54) is 12.1 Å². The van der Waals surface area contributed by atoms with Gasteiger partial charge in [-0.1, -0.05) is 0 Å². The highest BCUT2D eigenvalue weighted by atomic mass is 35.5. The van der Waals surface area contributed by atoms with Crippen molar-refractivity contribution in [3.8, 4) is 0 Å². The molecule has 0 atom stereocenters. The molecule has 1 N–H and O–H groups in total. The molecule has 17 heavy (non-hydrogen) atoms. The van der Waals surface area contributed by atoms with Crippen LogP contribution in [0.25, 0.3) is 0 Å². The SMILES string of the molecule is O=S(=O)(O)c1ccc(N(CCCl)CCCl)cc1. The van der Waals surface area contributed by atoms with E-state index in [0.29, 0.717) is 24.8 Å². The fraction of sp³-hybridized carbons (Fsp3) is 0.400. The van der Waals surface area contributed by atoms with Gasteiger partial charge in [0.05, 0.1) is 4.90 Å². The van der Waals surface area contributed by atoms with Gasteiger partial charge in [0, 0.05) is 30.5 Å². The highest BCUT2D eigenvalue weighted by Gasteiger charge is 2.10. The first-order valence-electron chi connectivity index (χ1n) is 4.93. The lowest BCUT2D eigenvalue weighted by molar-refractivity contribution is 0.483. The molecule has 0 aliphatic heterocycles. The fourth-order valence-electron chi connectivity index (χ4n) is 1.40. The van der Waals surface area contributed by atoms with Crippen molar-refractivity contribution < 1.29 is 13.0 Å². The Morgan fingerprint density at radius 2 is 1.53 bits per heavy atom. The number of rotatable bonds is 6. The quantitative estimate of drug-likeness (QED) is 0.646. The first-order valence-corrected chi connectivity index (χ1v) is 7.44. The Kier molecular flexibility index (Phi) is 5.52. The maximum atomic E-state index is 10.9. The highest BCUT2D eigenvalue weighted by Crippen LogP contribution is 2.18. The number of anilines is 1. The first-order chi connectivity index (χ1) is 7.99. The molecule has 0 aliphatic rings. The summed E-state index contributed by atoms with van der Waals surface area (Å²) in [5, 5.41) is 0. The number of halogens is 2. The molecule has 0 bridgehead atoms. The van der Waals surface area contributed by atoms with Crippen LogP contribution in [0.4, 0.5) is 5.69 Å². The second-order valence-electron chi connectivity index (χ2n) is 3.33. The summed E-state index contributed by atoms with van der Waals surface area (Å²) in [5.74, 6) is 0.911. The monoisotopic (exact) mass is 297 g/mol. The average Bonchev–Trinajstić information content (AvgIpc) is 2.28. The predicted octanol–water partition coefficient (Wildman–Crippen LogP) is 2.22. The molecule has 0 radical (unpaired) electrons.